The van der Waals surface area contributed by atoms with Gasteiger partial charge in [-0.25, -0.2) is 4.79 Å². The standard InChI is InChI=1S/C39H58O6/c1-34(2)29-16-21-38(7)30(13-11-25-26(15-20-37(25,38)6)39(8)22-18-32(45-39)35(3,4)43)36(29,5)19-17-31(34)44-33(42)14-10-24-9-12-27(40)28(41)23-24/h9-10,12,14,23,25-26,29-32,40-41,43H,11,13,15-22H2,1-8H3/b14-10+/t25?,26-,29?,30+,31-,32+,36-,37+,38+,39-/m0/s1. The summed E-state index contributed by atoms with van der Waals surface area (Å²) in [4.78, 5) is 13.0. The highest BCUT2D eigenvalue weighted by Crippen LogP contribution is 2.76. The minimum Gasteiger partial charge on any atom is -0.504 e. The summed E-state index contributed by atoms with van der Waals surface area (Å²) in [6, 6.07) is 4.50. The van der Waals surface area contributed by atoms with Crippen molar-refractivity contribution >= 4 is 12.0 Å². The quantitative estimate of drug-likeness (QED) is 0.173. The van der Waals surface area contributed by atoms with Gasteiger partial charge in [-0.2, -0.15) is 0 Å². The van der Waals surface area contributed by atoms with Gasteiger partial charge in [0.15, 0.2) is 11.5 Å². The van der Waals surface area contributed by atoms with Gasteiger partial charge in [-0.15, -0.1) is 0 Å². The first kappa shape index (κ1) is 32.9. The molecule has 10 atom stereocenters. The normalized spacial score (nSPS) is 44.3. The maximum atomic E-state index is 13.0. The number of carbonyl (C=O) groups excluding carboxylic acids is 1. The van der Waals surface area contributed by atoms with E-state index in [1.807, 2.05) is 13.8 Å². The number of aliphatic hydroxyl groups is 1. The van der Waals surface area contributed by atoms with E-state index in [0.717, 1.165) is 32.1 Å². The maximum Gasteiger partial charge on any atom is 0.331 e. The van der Waals surface area contributed by atoms with Crippen LogP contribution in [0, 0.1) is 45.3 Å². The fourth-order valence-electron chi connectivity index (χ4n) is 12.3. The third-order valence-electron chi connectivity index (χ3n) is 14.9. The van der Waals surface area contributed by atoms with Crippen LogP contribution in [0.5, 0.6) is 11.5 Å². The van der Waals surface area contributed by atoms with Gasteiger partial charge in [0.1, 0.15) is 6.10 Å². The van der Waals surface area contributed by atoms with E-state index in [9.17, 15) is 20.1 Å². The lowest BCUT2D eigenvalue weighted by Gasteiger charge is -2.70. The molecule has 6 rings (SSSR count). The number of rotatable bonds is 5. The average molecular weight is 623 g/mol. The van der Waals surface area contributed by atoms with Crippen molar-refractivity contribution in [2.45, 2.75) is 143 Å². The summed E-state index contributed by atoms with van der Waals surface area (Å²) in [5, 5.41) is 30.1. The molecule has 1 heterocycles. The third kappa shape index (κ3) is 5.07. The van der Waals surface area contributed by atoms with Crippen LogP contribution >= 0.6 is 0 Å². The number of phenols is 2. The number of phenolic OH excluding ortho intramolecular Hbond substituents is 2. The SMILES string of the molecule is CC(C)(O)[C@H]1CC[C@@](C)([C@H]2CC[C@]3(C)C2CC[C@@H]2[C@@]4(C)CC[C@H](OC(=O)/C=C/c5ccc(O)c(O)c5)C(C)(C)C4CC[C@]23C)O1. The molecule has 3 N–H and O–H groups in total. The molecule has 1 aliphatic heterocycles. The Morgan fingerprint density at radius 2 is 1.56 bits per heavy atom. The minimum absolute atomic E-state index is 0.0844. The monoisotopic (exact) mass is 622 g/mol. The number of carbonyl (C=O) groups is 1. The Morgan fingerprint density at radius 3 is 2.22 bits per heavy atom. The van der Waals surface area contributed by atoms with E-state index in [2.05, 4.69) is 41.5 Å². The molecule has 6 nitrogen and oxygen atoms in total. The van der Waals surface area contributed by atoms with Gasteiger partial charge >= 0.3 is 5.97 Å². The first-order valence-corrected chi connectivity index (χ1v) is 17.7. The Hall–Kier alpha value is -2.05. The summed E-state index contributed by atoms with van der Waals surface area (Å²) in [6.07, 6.45) is 14.1. The van der Waals surface area contributed by atoms with Crippen LogP contribution in [0.2, 0.25) is 0 Å². The summed E-state index contributed by atoms with van der Waals surface area (Å²) in [5.41, 5.74) is 0.273. The highest BCUT2D eigenvalue weighted by Gasteiger charge is 2.70. The van der Waals surface area contributed by atoms with E-state index in [-0.39, 0.29) is 56.9 Å². The Labute approximate surface area is 271 Å². The third-order valence-corrected chi connectivity index (χ3v) is 14.9. The van der Waals surface area contributed by atoms with Crippen LogP contribution in [-0.2, 0) is 14.3 Å². The number of fused-ring (bicyclic) bond motifs is 5. The van der Waals surface area contributed by atoms with Crippen LogP contribution in [0.1, 0.15) is 125 Å². The lowest BCUT2D eigenvalue weighted by Crippen LogP contribution is -2.64. The molecule has 5 aliphatic rings. The number of hydrogen-bond acceptors (Lipinski definition) is 6. The van der Waals surface area contributed by atoms with E-state index < -0.39 is 5.60 Å². The molecule has 0 spiro atoms. The van der Waals surface area contributed by atoms with Crippen molar-refractivity contribution in [3.05, 3.63) is 29.8 Å². The van der Waals surface area contributed by atoms with Crippen LogP contribution in [-0.4, -0.2) is 44.7 Å². The van der Waals surface area contributed by atoms with Gasteiger partial charge in [0.05, 0.1) is 17.3 Å². The van der Waals surface area contributed by atoms with Crippen LogP contribution < -0.4 is 0 Å². The molecule has 1 aromatic rings. The molecule has 0 aromatic heterocycles. The molecule has 0 radical (unpaired) electrons. The Balaban J connectivity index is 1.18. The van der Waals surface area contributed by atoms with Crippen molar-refractivity contribution in [2.24, 2.45) is 45.3 Å². The fourth-order valence-corrected chi connectivity index (χ4v) is 12.3. The zero-order valence-electron chi connectivity index (χ0n) is 29.0. The van der Waals surface area contributed by atoms with E-state index in [1.54, 1.807) is 12.1 Å². The summed E-state index contributed by atoms with van der Waals surface area (Å²) in [6.45, 7) is 18.6. The number of esters is 1. The van der Waals surface area contributed by atoms with Crippen molar-refractivity contribution in [3.8, 4) is 11.5 Å². The van der Waals surface area contributed by atoms with Crippen molar-refractivity contribution in [1.29, 1.82) is 0 Å². The zero-order valence-corrected chi connectivity index (χ0v) is 29.0. The Kier molecular flexibility index (Phi) is 7.84. The molecule has 45 heavy (non-hydrogen) atoms. The predicted molar refractivity (Wildman–Crippen MR) is 176 cm³/mol. The van der Waals surface area contributed by atoms with E-state index in [1.165, 1.54) is 50.3 Å². The number of ether oxygens (including phenoxy) is 2. The lowest BCUT2D eigenvalue weighted by molar-refractivity contribution is -0.230. The van der Waals surface area contributed by atoms with Crippen LogP contribution in [0.15, 0.2) is 24.3 Å². The second-order valence-electron chi connectivity index (χ2n) is 17.8. The zero-order chi connectivity index (χ0) is 32.8. The van der Waals surface area contributed by atoms with Crippen molar-refractivity contribution < 1.29 is 29.6 Å². The Morgan fingerprint density at radius 1 is 0.844 bits per heavy atom. The van der Waals surface area contributed by atoms with Crippen molar-refractivity contribution in [1.82, 2.24) is 0 Å². The van der Waals surface area contributed by atoms with E-state index in [0.29, 0.717) is 29.2 Å². The van der Waals surface area contributed by atoms with Crippen LogP contribution in [0.3, 0.4) is 0 Å². The highest BCUT2D eigenvalue weighted by molar-refractivity contribution is 5.87. The Bertz CT molecular complexity index is 1340. The predicted octanol–water partition coefficient (Wildman–Crippen LogP) is 8.42. The van der Waals surface area contributed by atoms with Gasteiger partial charge in [-0.1, -0.05) is 40.7 Å². The summed E-state index contributed by atoms with van der Waals surface area (Å²) in [5.74, 6) is 1.57. The summed E-state index contributed by atoms with van der Waals surface area (Å²) in [7, 11) is 0. The van der Waals surface area contributed by atoms with Gasteiger partial charge in [0, 0.05) is 11.5 Å². The number of benzene rings is 1. The first-order valence-electron chi connectivity index (χ1n) is 17.7. The second-order valence-corrected chi connectivity index (χ2v) is 17.8. The van der Waals surface area contributed by atoms with Gasteiger partial charge in [0.2, 0.25) is 0 Å². The molecule has 1 aromatic carbocycles. The summed E-state index contributed by atoms with van der Waals surface area (Å²) < 4.78 is 12.9. The van der Waals surface area contributed by atoms with Gasteiger partial charge in [0.25, 0.3) is 0 Å². The molecule has 5 fully saturated rings. The molecule has 1 saturated heterocycles. The minimum atomic E-state index is -0.802. The van der Waals surface area contributed by atoms with E-state index >= 15 is 0 Å². The summed E-state index contributed by atoms with van der Waals surface area (Å²) >= 11 is 0. The lowest BCUT2D eigenvalue weighted by atomic mass is 9.35. The number of aromatic hydroxyl groups is 2. The van der Waals surface area contributed by atoms with Crippen LogP contribution in [0.4, 0.5) is 0 Å². The molecule has 0 amide bonds. The topological polar surface area (TPSA) is 96.2 Å². The average Bonchev–Trinajstić information content (AvgIpc) is 3.53. The van der Waals surface area contributed by atoms with Crippen molar-refractivity contribution in [2.75, 3.05) is 0 Å². The molecule has 4 saturated carbocycles. The molecule has 250 valence electrons. The van der Waals surface area contributed by atoms with Gasteiger partial charge in [-0.05, 0) is 149 Å². The van der Waals surface area contributed by atoms with Crippen molar-refractivity contribution in [3.63, 3.8) is 0 Å². The molecular formula is C39H58O6. The maximum absolute atomic E-state index is 13.0. The highest BCUT2D eigenvalue weighted by atomic mass is 16.5. The smallest absolute Gasteiger partial charge is 0.331 e. The molecule has 6 heteroatoms. The van der Waals surface area contributed by atoms with E-state index in [4.69, 9.17) is 9.47 Å². The molecular weight excluding hydrogens is 564 g/mol. The number of hydrogen-bond donors (Lipinski definition) is 3. The van der Waals surface area contributed by atoms with Gasteiger partial charge in [-0.3, -0.25) is 0 Å². The molecule has 4 aliphatic carbocycles. The van der Waals surface area contributed by atoms with Gasteiger partial charge < -0.3 is 24.8 Å². The molecule has 2 unspecified atom stereocenters. The largest absolute Gasteiger partial charge is 0.504 e. The molecule has 0 bridgehead atoms. The second kappa shape index (κ2) is 10.7. The fraction of sp³-hybridized carbons (Fsp3) is 0.769. The first-order chi connectivity index (χ1) is 20.8. The van der Waals surface area contributed by atoms with Crippen LogP contribution in [0.25, 0.3) is 6.08 Å².